The number of carbonyl (C=O) groups is 2. The SMILES string of the molecule is CC(C)CNC(=O)C(Cc1ccccc1)N(Cc1c(Cl)cccc1Cl)C(=O)CN(c1ccc2c(c1)OCO2)S(C)(=O)=O. The van der Waals surface area contributed by atoms with E-state index in [0.29, 0.717) is 33.7 Å². The van der Waals surface area contributed by atoms with Crippen molar-refractivity contribution in [3.8, 4) is 11.5 Å². The predicted molar refractivity (Wildman–Crippen MR) is 164 cm³/mol. The van der Waals surface area contributed by atoms with Gasteiger partial charge in [0.25, 0.3) is 0 Å². The minimum absolute atomic E-state index is 0.00954. The van der Waals surface area contributed by atoms with Crippen LogP contribution < -0.4 is 19.1 Å². The molecule has 1 unspecified atom stereocenters. The number of nitrogens with zero attached hydrogens (tertiary/aromatic N) is 2. The molecule has 12 heteroatoms. The Morgan fingerprint density at radius 2 is 1.62 bits per heavy atom. The molecule has 1 aliphatic heterocycles. The number of halogens is 2. The summed E-state index contributed by atoms with van der Waals surface area (Å²) in [6.07, 6.45) is 1.19. The van der Waals surface area contributed by atoms with Crippen molar-refractivity contribution in [3.05, 3.63) is 87.9 Å². The van der Waals surface area contributed by atoms with E-state index in [4.69, 9.17) is 32.7 Å². The molecule has 0 saturated carbocycles. The van der Waals surface area contributed by atoms with Gasteiger partial charge in [-0.2, -0.15) is 0 Å². The highest BCUT2D eigenvalue weighted by Crippen LogP contribution is 2.36. The number of amides is 2. The molecule has 0 saturated heterocycles. The largest absolute Gasteiger partial charge is 0.454 e. The van der Waals surface area contributed by atoms with Crippen LogP contribution in [0.3, 0.4) is 0 Å². The van der Waals surface area contributed by atoms with Gasteiger partial charge in [-0.25, -0.2) is 8.42 Å². The van der Waals surface area contributed by atoms with Gasteiger partial charge in [-0.3, -0.25) is 13.9 Å². The molecule has 0 radical (unpaired) electrons. The maximum absolute atomic E-state index is 14.2. The van der Waals surface area contributed by atoms with E-state index in [1.54, 1.807) is 24.3 Å². The third-order valence-electron chi connectivity index (χ3n) is 6.67. The standard InChI is InChI=1S/C30H33Cl2N3O6S/c1-20(2)16-33-30(37)26(14-21-8-5-4-6-9-21)34(17-23-24(31)10-7-11-25(23)32)29(36)18-35(42(3,38)39)22-12-13-27-28(15-22)41-19-40-27/h4-13,15,20,26H,14,16-19H2,1-3H3,(H,33,37). The zero-order valence-electron chi connectivity index (χ0n) is 23.5. The zero-order valence-corrected chi connectivity index (χ0v) is 25.9. The first-order valence-electron chi connectivity index (χ1n) is 13.4. The highest BCUT2D eigenvalue weighted by Gasteiger charge is 2.34. The average molecular weight is 635 g/mol. The van der Waals surface area contributed by atoms with Crippen LogP contribution in [0.15, 0.2) is 66.7 Å². The number of fused-ring (bicyclic) bond motifs is 1. The first-order chi connectivity index (χ1) is 19.9. The second-order valence-corrected chi connectivity index (χ2v) is 13.1. The van der Waals surface area contributed by atoms with Gasteiger partial charge < -0.3 is 19.7 Å². The van der Waals surface area contributed by atoms with Crippen molar-refractivity contribution in [2.75, 3.05) is 30.4 Å². The van der Waals surface area contributed by atoms with E-state index in [-0.39, 0.29) is 37.3 Å². The molecule has 2 amide bonds. The van der Waals surface area contributed by atoms with E-state index in [2.05, 4.69) is 5.32 Å². The fraction of sp³-hybridized carbons (Fsp3) is 0.333. The highest BCUT2D eigenvalue weighted by atomic mass is 35.5. The summed E-state index contributed by atoms with van der Waals surface area (Å²) in [4.78, 5) is 29.3. The molecule has 3 aromatic rings. The number of benzene rings is 3. The zero-order chi connectivity index (χ0) is 30.4. The van der Waals surface area contributed by atoms with Gasteiger partial charge in [-0.15, -0.1) is 0 Å². The number of carbonyl (C=O) groups excluding carboxylic acids is 2. The molecule has 1 aliphatic rings. The molecule has 224 valence electrons. The van der Waals surface area contributed by atoms with E-state index >= 15 is 0 Å². The van der Waals surface area contributed by atoms with E-state index in [1.807, 2.05) is 44.2 Å². The Balaban J connectivity index is 1.76. The molecule has 1 N–H and O–H groups in total. The summed E-state index contributed by atoms with van der Waals surface area (Å²) < 4.78 is 37.7. The molecule has 1 atom stereocenters. The summed E-state index contributed by atoms with van der Waals surface area (Å²) >= 11 is 13.0. The molecule has 0 aliphatic carbocycles. The van der Waals surface area contributed by atoms with Gasteiger partial charge in [-0.1, -0.05) is 73.4 Å². The molecule has 42 heavy (non-hydrogen) atoms. The summed E-state index contributed by atoms with van der Waals surface area (Å²) in [7, 11) is -3.94. The second kappa shape index (κ2) is 13.7. The van der Waals surface area contributed by atoms with Crippen LogP contribution in [0.5, 0.6) is 11.5 Å². The maximum Gasteiger partial charge on any atom is 0.244 e. The van der Waals surface area contributed by atoms with Gasteiger partial charge in [0.05, 0.1) is 11.9 Å². The van der Waals surface area contributed by atoms with Crippen LogP contribution in [-0.2, 0) is 32.6 Å². The number of sulfonamides is 1. The van der Waals surface area contributed by atoms with Crippen molar-refractivity contribution >= 4 is 50.7 Å². The van der Waals surface area contributed by atoms with E-state index in [9.17, 15) is 18.0 Å². The predicted octanol–water partition coefficient (Wildman–Crippen LogP) is 4.90. The number of ether oxygens (including phenoxy) is 2. The molecule has 0 bridgehead atoms. The molecule has 0 spiro atoms. The van der Waals surface area contributed by atoms with Gasteiger partial charge in [0, 0.05) is 41.2 Å². The van der Waals surface area contributed by atoms with Gasteiger partial charge in [0.15, 0.2) is 11.5 Å². The van der Waals surface area contributed by atoms with Crippen molar-refractivity contribution in [1.29, 1.82) is 0 Å². The van der Waals surface area contributed by atoms with Crippen LogP contribution in [-0.4, -0.2) is 57.3 Å². The lowest BCUT2D eigenvalue weighted by atomic mass is 10.0. The Bertz CT molecular complexity index is 1510. The van der Waals surface area contributed by atoms with Crippen molar-refractivity contribution in [1.82, 2.24) is 10.2 Å². The Kier molecular flexibility index (Phi) is 10.2. The van der Waals surface area contributed by atoms with Gasteiger partial charge in [0.2, 0.25) is 28.6 Å². The van der Waals surface area contributed by atoms with Gasteiger partial charge in [-0.05, 0) is 35.7 Å². The van der Waals surface area contributed by atoms with Gasteiger partial charge in [0.1, 0.15) is 12.6 Å². The van der Waals surface area contributed by atoms with Crippen molar-refractivity contribution in [2.45, 2.75) is 32.9 Å². The van der Waals surface area contributed by atoms with Crippen molar-refractivity contribution in [2.24, 2.45) is 5.92 Å². The number of hydrogen-bond donors (Lipinski definition) is 1. The minimum Gasteiger partial charge on any atom is -0.454 e. The fourth-order valence-corrected chi connectivity index (χ4v) is 5.84. The summed E-state index contributed by atoms with van der Waals surface area (Å²) in [5.41, 5.74) is 1.48. The molecule has 3 aromatic carbocycles. The molecule has 4 rings (SSSR count). The topological polar surface area (TPSA) is 105 Å². The molecule has 9 nitrogen and oxygen atoms in total. The van der Waals surface area contributed by atoms with E-state index in [0.717, 1.165) is 16.1 Å². The number of anilines is 1. The van der Waals surface area contributed by atoms with Crippen LogP contribution in [0, 0.1) is 5.92 Å². The Hall–Kier alpha value is -3.47. The highest BCUT2D eigenvalue weighted by molar-refractivity contribution is 7.92. The summed E-state index contributed by atoms with van der Waals surface area (Å²) in [6, 6.07) is 17.9. The smallest absolute Gasteiger partial charge is 0.244 e. The Morgan fingerprint density at radius 3 is 2.26 bits per heavy atom. The normalized spacial score (nSPS) is 13.1. The lowest BCUT2D eigenvalue weighted by molar-refractivity contribution is -0.140. The quantitative estimate of drug-likeness (QED) is 0.304. The van der Waals surface area contributed by atoms with Crippen LogP contribution in [0.2, 0.25) is 10.0 Å². The third-order valence-corrected chi connectivity index (χ3v) is 8.52. The number of hydrogen-bond acceptors (Lipinski definition) is 6. The monoisotopic (exact) mass is 633 g/mol. The average Bonchev–Trinajstić information content (AvgIpc) is 3.41. The molecule has 0 aromatic heterocycles. The Labute approximate surface area is 256 Å². The van der Waals surface area contributed by atoms with Crippen molar-refractivity contribution in [3.63, 3.8) is 0 Å². The molecule has 0 fully saturated rings. The number of rotatable bonds is 12. The number of nitrogens with one attached hydrogen (secondary N) is 1. The van der Waals surface area contributed by atoms with Crippen molar-refractivity contribution < 1.29 is 27.5 Å². The lowest BCUT2D eigenvalue weighted by Crippen LogP contribution is -2.53. The second-order valence-electron chi connectivity index (χ2n) is 10.4. The van der Waals surface area contributed by atoms with Crippen LogP contribution in [0.25, 0.3) is 0 Å². The lowest BCUT2D eigenvalue weighted by Gasteiger charge is -2.34. The third kappa shape index (κ3) is 7.87. The Morgan fingerprint density at radius 1 is 0.952 bits per heavy atom. The maximum atomic E-state index is 14.2. The summed E-state index contributed by atoms with van der Waals surface area (Å²) in [6.45, 7) is 3.63. The van der Waals surface area contributed by atoms with Gasteiger partial charge >= 0.3 is 0 Å². The van der Waals surface area contributed by atoms with E-state index < -0.39 is 28.5 Å². The molecular weight excluding hydrogens is 601 g/mol. The first-order valence-corrected chi connectivity index (χ1v) is 16.0. The van der Waals surface area contributed by atoms with Crippen LogP contribution in [0.4, 0.5) is 5.69 Å². The summed E-state index contributed by atoms with van der Waals surface area (Å²) in [5.74, 6) is 0.00887. The summed E-state index contributed by atoms with van der Waals surface area (Å²) in [5, 5.41) is 3.57. The first kappa shape index (κ1) is 31.5. The van der Waals surface area contributed by atoms with Crippen LogP contribution in [0.1, 0.15) is 25.0 Å². The minimum atomic E-state index is -3.94. The molecule has 1 heterocycles. The van der Waals surface area contributed by atoms with Crippen LogP contribution >= 0.6 is 23.2 Å². The fourth-order valence-electron chi connectivity index (χ4n) is 4.48. The molecular formula is C30H33Cl2N3O6S. The van der Waals surface area contributed by atoms with E-state index in [1.165, 1.54) is 17.0 Å².